The maximum Gasteiger partial charge on any atom is 0.237 e. The monoisotopic (exact) mass is 269 g/mol. The summed E-state index contributed by atoms with van der Waals surface area (Å²) in [6, 6.07) is 0.213. The molecule has 0 radical (unpaired) electrons. The van der Waals surface area contributed by atoms with Crippen LogP contribution in [0.15, 0.2) is 0 Å². The average Bonchev–Trinajstić information content (AvgIpc) is 2.86. The summed E-state index contributed by atoms with van der Waals surface area (Å²) in [5, 5.41) is 0. The highest BCUT2D eigenvalue weighted by molar-refractivity contribution is 5.84. The van der Waals surface area contributed by atoms with Crippen LogP contribution in [0, 0.1) is 5.92 Å². The van der Waals surface area contributed by atoms with Crippen LogP contribution in [0.1, 0.15) is 51.9 Å². The van der Waals surface area contributed by atoms with Gasteiger partial charge in [-0.15, -0.1) is 0 Å². The molecule has 1 aliphatic rings. The molecule has 0 bridgehead atoms. The van der Waals surface area contributed by atoms with E-state index in [-0.39, 0.29) is 18.5 Å². The van der Waals surface area contributed by atoms with Crippen molar-refractivity contribution in [2.45, 2.75) is 57.9 Å². The van der Waals surface area contributed by atoms with E-state index in [9.17, 15) is 9.59 Å². The number of carbonyl (C=O) groups excluding carboxylic acids is 2. The van der Waals surface area contributed by atoms with E-state index < -0.39 is 5.91 Å². The molecule has 1 saturated carbocycles. The number of carbonyl (C=O) groups is 2. The summed E-state index contributed by atoms with van der Waals surface area (Å²) in [6.07, 6.45) is 6.53. The van der Waals surface area contributed by atoms with Crippen molar-refractivity contribution in [2.24, 2.45) is 17.4 Å². The molecule has 1 rings (SSSR count). The van der Waals surface area contributed by atoms with E-state index in [4.69, 9.17) is 11.5 Å². The van der Waals surface area contributed by atoms with Crippen LogP contribution < -0.4 is 11.5 Å². The minimum atomic E-state index is -0.421. The molecule has 0 aromatic rings. The topological polar surface area (TPSA) is 89.4 Å². The Kier molecular flexibility index (Phi) is 6.84. The van der Waals surface area contributed by atoms with Gasteiger partial charge in [-0.2, -0.15) is 0 Å². The molecule has 4 N–H and O–H groups in total. The highest BCUT2D eigenvalue weighted by atomic mass is 16.2. The first-order valence-corrected chi connectivity index (χ1v) is 7.32. The normalized spacial score (nSPS) is 17.4. The van der Waals surface area contributed by atoms with Gasteiger partial charge in [-0.3, -0.25) is 9.59 Å². The average molecular weight is 269 g/mol. The summed E-state index contributed by atoms with van der Waals surface area (Å²) in [4.78, 5) is 25.1. The number of nitrogens with zero attached hydrogens (tertiary/aromatic N) is 1. The lowest BCUT2D eigenvalue weighted by Crippen LogP contribution is -2.44. The van der Waals surface area contributed by atoms with Crippen LogP contribution in [0.25, 0.3) is 0 Å². The molecule has 19 heavy (non-hydrogen) atoms. The molecule has 0 spiro atoms. The Labute approximate surface area is 115 Å². The van der Waals surface area contributed by atoms with Crippen LogP contribution in [0.3, 0.4) is 0 Å². The molecule has 110 valence electrons. The lowest BCUT2D eigenvalue weighted by atomic mass is 10.0. The van der Waals surface area contributed by atoms with Crippen molar-refractivity contribution in [3.05, 3.63) is 0 Å². The first-order valence-electron chi connectivity index (χ1n) is 7.32. The summed E-state index contributed by atoms with van der Waals surface area (Å²) < 4.78 is 0. The maximum absolute atomic E-state index is 12.3. The maximum atomic E-state index is 12.3. The van der Waals surface area contributed by atoms with Gasteiger partial charge in [-0.1, -0.05) is 19.8 Å². The molecular formula is C14H27N3O2. The van der Waals surface area contributed by atoms with E-state index in [1.165, 1.54) is 0 Å². The third-order valence-corrected chi connectivity index (χ3v) is 3.92. The zero-order valence-electron chi connectivity index (χ0n) is 11.9. The number of primary amides is 1. The highest BCUT2D eigenvalue weighted by Gasteiger charge is 2.27. The van der Waals surface area contributed by atoms with Crippen LogP contribution in [0.5, 0.6) is 0 Å². The molecule has 5 nitrogen and oxygen atoms in total. The van der Waals surface area contributed by atoms with E-state index >= 15 is 0 Å². The zero-order chi connectivity index (χ0) is 14.3. The van der Waals surface area contributed by atoms with Gasteiger partial charge in [0.1, 0.15) is 0 Å². The Morgan fingerprint density at radius 1 is 1.26 bits per heavy atom. The van der Waals surface area contributed by atoms with E-state index in [1.54, 1.807) is 4.90 Å². The van der Waals surface area contributed by atoms with E-state index in [2.05, 4.69) is 6.92 Å². The van der Waals surface area contributed by atoms with Crippen LogP contribution in [0.2, 0.25) is 0 Å². The lowest BCUT2D eigenvalue weighted by Gasteiger charge is -2.28. The molecular weight excluding hydrogens is 242 g/mol. The number of amides is 2. The Morgan fingerprint density at radius 3 is 2.42 bits per heavy atom. The van der Waals surface area contributed by atoms with Crippen molar-refractivity contribution in [1.29, 1.82) is 0 Å². The van der Waals surface area contributed by atoms with E-state index in [0.29, 0.717) is 18.9 Å². The van der Waals surface area contributed by atoms with Gasteiger partial charge in [-0.05, 0) is 38.1 Å². The van der Waals surface area contributed by atoms with Crippen LogP contribution in [-0.2, 0) is 9.59 Å². The fourth-order valence-electron chi connectivity index (χ4n) is 2.75. The third-order valence-electron chi connectivity index (χ3n) is 3.92. The fraction of sp³-hybridized carbons (Fsp3) is 0.857. The number of hydrogen-bond donors (Lipinski definition) is 2. The lowest BCUT2D eigenvalue weighted by molar-refractivity contribution is -0.137. The van der Waals surface area contributed by atoms with Crippen molar-refractivity contribution >= 4 is 11.8 Å². The Hall–Kier alpha value is -1.10. The SMILES string of the molecule is CC(CCN)CCC(=O)N(CC(N)=O)C1CCCC1. The van der Waals surface area contributed by atoms with Crippen LogP contribution in [-0.4, -0.2) is 35.8 Å². The summed E-state index contributed by atoms with van der Waals surface area (Å²) >= 11 is 0. The molecule has 0 aromatic carbocycles. The van der Waals surface area contributed by atoms with Gasteiger partial charge in [0.15, 0.2) is 0 Å². The minimum Gasteiger partial charge on any atom is -0.368 e. The van der Waals surface area contributed by atoms with Crippen molar-refractivity contribution in [3.63, 3.8) is 0 Å². The molecule has 0 aliphatic heterocycles. The molecule has 1 aliphatic carbocycles. The van der Waals surface area contributed by atoms with Gasteiger partial charge in [0.05, 0.1) is 6.54 Å². The van der Waals surface area contributed by atoms with Gasteiger partial charge in [0.25, 0.3) is 0 Å². The molecule has 5 heteroatoms. The standard InChI is InChI=1S/C14H27N3O2/c1-11(8-9-15)6-7-14(19)17(10-13(16)18)12-4-2-3-5-12/h11-12H,2-10,15H2,1H3,(H2,16,18). The number of nitrogens with two attached hydrogens (primary N) is 2. The Bertz CT molecular complexity index is 301. The van der Waals surface area contributed by atoms with Gasteiger partial charge in [0.2, 0.25) is 11.8 Å². The molecule has 2 amide bonds. The van der Waals surface area contributed by atoms with Crippen molar-refractivity contribution < 1.29 is 9.59 Å². The smallest absolute Gasteiger partial charge is 0.237 e. The summed E-state index contributed by atoms with van der Waals surface area (Å²) in [7, 11) is 0. The number of hydrogen-bond acceptors (Lipinski definition) is 3. The second kappa shape index (κ2) is 8.15. The predicted octanol–water partition coefficient (Wildman–Crippen LogP) is 1.01. The Morgan fingerprint density at radius 2 is 1.89 bits per heavy atom. The van der Waals surface area contributed by atoms with Crippen LogP contribution in [0.4, 0.5) is 0 Å². The molecule has 0 aromatic heterocycles. The molecule has 1 fully saturated rings. The van der Waals surface area contributed by atoms with Gasteiger partial charge < -0.3 is 16.4 Å². The summed E-state index contributed by atoms with van der Waals surface area (Å²) in [5.41, 5.74) is 10.8. The molecule has 0 saturated heterocycles. The quantitative estimate of drug-likeness (QED) is 0.689. The van der Waals surface area contributed by atoms with Gasteiger partial charge >= 0.3 is 0 Å². The molecule has 1 unspecified atom stereocenters. The second-order valence-corrected chi connectivity index (χ2v) is 5.65. The zero-order valence-corrected chi connectivity index (χ0v) is 11.9. The van der Waals surface area contributed by atoms with E-state index in [0.717, 1.165) is 38.5 Å². The fourth-order valence-corrected chi connectivity index (χ4v) is 2.75. The van der Waals surface area contributed by atoms with Gasteiger partial charge in [-0.25, -0.2) is 0 Å². The highest BCUT2D eigenvalue weighted by Crippen LogP contribution is 2.24. The third kappa shape index (κ3) is 5.59. The number of rotatable bonds is 8. The van der Waals surface area contributed by atoms with Crippen molar-refractivity contribution in [2.75, 3.05) is 13.1 Å². The Balaban J connectivity index is 2.48. The first kappa shape index (κ1) is 16.0. The summed E-state index contributed by atoms with van der Waals surface area (Å²) in [6.45, 7) is 2.83. The predicted molar refractivity (Wildman–Crippen MR) is 75.2 cm³/mol. The molecule has 0 heterocycles. The van der Waals surface area contributed by atoms with Crippen molar-refractivity contribution in [3.8, 4) is 0 Å². The van der Waals surface area contributed by atoms with Crippen LogP contribution >= 0.6 is 0 Å². The minimum absolute atomic E-state index is 0.0643. The summed E-state index contributed by atoms with van der Waals surface area (Å²) in [5.74, 6) is 0.0952. The van der Waals surface area contributed by atoms with Crippen molar-refractivity contribution in [1.82, 2.24) is 4.90 Å². The first-order chi connectivity index (χ1) is 9.04. The van der Waals surface area contributed by atoms with Gasteiger partial charge in [0, 0.05) is 12.5 Å². The van der Waals surface area contributed by atoms with E-state index in [1.807, 2.05) is 0 Å². The largest absolute Gasteiger partial charge is 0.368 e. The molecule has 1 atom stereocenters. The second-order valence-electron chi connectivity index (χ2n) is 5.65.